The molecule has 3 unspecified atom stereocenters. The van der Waals surface area contributed by atoms with Crippen LogP contribution < -0.4 is 0 Å². The van der Waals surface area contributed by atoms with E-state index in [-0.39, 0.29) is 23.7 Å². The van der Waals surface area contributed by atoms with Crippen LogP contribution in [0.5, 0.6) is 5.75 Å². The fourth-order valence-corrected chi connectivity index (χ4v) is 8.66. The Kier molecular flexibility index (Phi) is 12.5. The van der Waals surface area contributed by atoms with E-state index < -0.39 is 29.3 Å². The molecule has 3 aliphatic carbocycles. The summed E-state index contributed by atoms with van der Waals surface area (Å²) < 4.78 is 72.4. The zero-order chi connectivity index (χ0) is 30.3. The van der Waals surface area contributed by atoms with Gasteiger partial charge in [0, 0.05) is 28.7 Å². The van der Waals surface area contributed by atoms with E-state index >= 15 is 0 Å². The minimum atomic E-state index is -5.51. The van der Waals surface area contributed by atoms with Crippen LogP contribution in [0.3, 0.4) is 0 Å². The van der Waals surface area contributed by atoms with Crippen LogP contribution in [0, 0.1) is 17.3 Å². The van der Waals surface area contributed by atoms with Crippen LogP contribution in [-0.2, 0) is 17.2 Å². The molecule has 9 heteroatoms. The molecule has 2 fully saturated rings. The fraction of sp³-hybridized carbons (Fsp3) is 0.812. The van der Waals surface area contributed by atoms with Gasteiger partial charge in [-0.05, 0) is 97.8 Å². The van der Waals surface area contributed by atoms with E-state index in [1.165, 1.54) is 49.7 Å². The average molecular weight is 609 g/mol. The highest BCUT2D eigenvalue weighted by Crippen LogP contribution is 2.60. The van der Waals surface area contributed by atoms with Gasteiger partial charge in [-0.15, -0.1) is 0 Å². The van der Waals surface area contributed by atoms with Crippen LogP contribution in [0.1, 0.15) is 121 Å². The zero-order valence-electron chi connectivity index (χ0n) is 24.7. The second kappa shape index (κ2) is 15.0. The van der Waals surface area contributed by atoms with Gasteiger partial charge in [0.1, 0.15) is 5.75 Å². The highest BCUT2D eigenvalue weighted by atomic mass is 32.2. The van der Waals surface area contributed by atoms with Crippen molar-refractivity contribution in [1.82, 2.24) is 0 Å². The predicted molar refractivity (Wildman–Crippen MR) is 155 cm³/mol. The Balaban J connectivity index is 0.000000225. The summed E-state index contributed by atoms with van der Waals surface area (Å²) in [5.41, 5.74) is 2.99. The van der Waals surface area contributed by atoms with Gasteiger partial charge in [0.2, 0.25) is 0 Å². The molecule has 0 radical (unpaired) electrons. The summed E-state index contributed by atoms with van der Waals surface area (Å²) in [7, 11) is -1.29. The second-order valence-corrected chi connectivity index (χ2v) is 14.4. The number of alkyl halides is 5. The van der Waals surface area contributed by atoms with Crippen molar-refractivity contribution >= 4 is 10.8 Å². The Labute approximate surface area is 245 Å². The number of hydrogen-bond acceptors (Lipinski definition) is 3. The maximum Gasteiger partial charge on any atom is 0.453 e. The number of unbranched alkanes of at least 4 members (excludes halogenated alkanes) is 6. The number of benzene rings is 1. The smallest absolute Gasteiger partial charge is 0.453 e. The minimum Gasteiger partial charge on any atom is -0.508 e. The number of hydrogen-bond donors (Lipinski definition) is 2. The maximum atomic E-state index is 12.6. The lowest BCUT2D eigenvalue weighted by atomic mass is 9.55. The monoisotopic (exact) mass is 608 g/mol. The average Bonchev–Trinajstić information content (AvgIpc) is 3.21. The van der Waals surface area contributed by atoms with E-state index in [9.17, 15) is 36.4 Å². The fourth-order valence-electron chi connectivity index (χ4n) is 7.46. The molecule has 1 aromatic carbocycles. The standard InChI is InChI=1S/C18H24O2.C14H25F5OS/c1-18-9-8-14-13-5-3-12(19)10-11(13)2-4-15(14)16(18)6-7-17(18)20;1-2-3-4-5-6-7-8-11-21(20)12-9-10-13(15,16)14(17,18)19/h3,5,10,14-17,19-20H,2,4,6-9H2,1H3;2-12H2,1H3/t14?,15-,16?,17+,18+;/m1./s1. The molecule has 1 aromatic rings. The van der Waals surface area contributed by atoms with Crippen molar-refractivity contribution in [2.75, 3.05) is 11.5 Å². The summed E-state index contributed by atoms with van der Waals surface area (Å²) in [4.78, 5) is 0. The topological polar surface area (TPSA) is 57.5 Å². The molecule has 3 nitrogen and oxygen atoms in total. The van der Waals surface area contributed by atoms with Crippen molar-refractivity contribution in [3.8, 4) is 5.75 Å². The third kappa shape index (κ3) is 8.90. The summed E-state index contributed by atoms with van der Waals surface area (Å²) in [6, 6.07) is 5.96. The van der Waals surface area contributed by atoms with Crippen molar-refractivity contribution in [3.05, 3.63) is 29.3 Å². The van der Waals surface area contributed by atoms with Crippen LogP contribution in [-0.4, -0.2) is 44.1 Å². The lowest BCUT2D eigenvalue weighted by Crippen LogP contribution is -2.43. The SMILES string of the molecule is CCCCCCCCCS(=O)CCCC(F)(F)C(F)(F)F.C[C@]12CCC3c4ccc(O)cc4CC[C@H]3C1CC[C@@H]2O. The van der Waals surface area contributed by atoms with Gasteiger partial charge in [0.15, 0.2) is 0 Å². The first-order chi connectivity index (χ1) is 19.3. The van der Waals surface area contributed by atoms with E-state index in [0.29, 0.717) is 23.3 Å². The molecule has 0 bridgehead atoms. The molecule has 0 aromatic heterocycles. The molecule has 0 spiro atoms. The van der Waals surface area contributed by atoms with E-state index in [4.69, 9.17) is 0 Å². The van der Waals surface area contributed by atoms with Gasteiger partial charge in [-0.1, -0.05) is 58.4 Å². The van der Waals surface area contributed by atoms with Gasteiger partial charge in [-0.3, -0.25) is 4.21 Å². The Hall–Kier alpha value is -1.22. The number of aliphatic hydroxyl groups excluding tert-OH is 1. The van der Waals surface area contributed by atoms with Gasteiger partial charge in [0.05, 0.1) is 6.10 Å². The third-order valence-corrected chi connectivity index (χ3v) is 11.4. The number of aliphatic hydroxyl groups is 1. The molecule has 41 heavy (non-hydrogen) atoms. The largest absolute Gasteiger partial charge is 0.508 e. The maximum absolute atomic E-state index is 12.6. The predicted octanol–water partition coefficient (Wildman–Crippen LogP) is 9.07. The first-order valence-electron chi connectivity index (χ1n) is 15.6. The number of aryl methyl sites for hydroxylation is 1. The van der Waals surface area contributed by atoms with Crippen LogP contribution in [0.15, 0.2) is 18.2 Å². The van der Waals surface area contributed by atoms with Crippen LogP contribution in [0.4, 0.5) is 22.0 Å². The molecule has 0 aliphatic heterocycles. The molecule has 0 heterocycles. The van der Waals surface area contributed by atoms with E-state index in [2.05, 4.69) is 19.9 Å². The highest BCUT2D eigenvalue weighted by molar-refractivity contribution is 7.84. The molecule has 2 saturated carbocycles. The molecule has 0 saturated heterocycles. The van der Waals surface area contributed by atoms with Gasteiger partial charge in [0.25, 0.3) is 0 Å². The number of phenols is 1. The normalized spacial score (nSPS) is 28.2. The lowest BCUT2D eigenvalue weighted by Gasteiger charge is -2.50. The minimum absolute atomic E-state index is 0.0818. The van der Waals surface area contributed by atoms with Crippen molar-refractivity contribution in [2.24, 2.45) is 17.3 Å². The summed E-state index contributed by atoms with van der Waals surface area (Å²) in [5, 5.41) is 20.0. The number of fused-ring (bicyclic) bond motifs is 5. The molecule has 3 aliphatic rings. The first-order valence-corrected chi connectivity index (χ1v) is 17.1. The molecular formula is C32H49F5O3S. The summed E-state index contributed by atoms with van der Waals surface area (Å²) >= 11 is 0. The summed E-state index contributed by atoms with van der Waals surface area (Å²) in [6.07, 6.45) is 7.08. The van der Waals surface area contributed by atoms with Crippen LogP contribution in [0.2, 0.25) is 0 Å². The van der Waals surface area contributed by atoms with Crippen LogP contribution >= 0.6 is 0 Å². The van der Waals surface area contributed by atoms with Crippen LogP contribution in [0.25, 0.3) is 0 Å². The molecular weight excluding hydrogens is 559 g/mol. The molecule has 4 rings (SSSR count). The Morgan fingerprint density at radius 1 is 0.927 bits per heavy atom. The summed E-state index contributed by atoms with van der Waals surface area (Å²) in [6.45, 7) is 4.45. The summed E-state index contributed by atoms with van der Waals surface area (Å²) in [5.74, 6) is -1.87. The number of rotatable bonds is 12. The molecule has 2 N–H and O–H groups in total. The zero-order valence-corrected chi connectivity index (χ0v) is 25.5. The van der Waals surface area contributed by atoms with Gasteiger partial charge >= 0.3 is 12.1 Å². The Morgan fingerprint density at radius 3 is 2.27 bits per heavy atom. The lowest BCUT2D eigenvalue weighted by molar-refractivity contribution is -0.284. The van der Waals surface area contributed by atoms with E-state index in [1.807, 2.05) is 12.1 Å². The third-order valence-electron chi connectivity index (χ3n) is 9.91. The number of aromatic hydroxyl groups is 1. The van der Waals surface area contributed by atoms with Crippen molar-refractivity contribution in [2.45, 2.75) is 134 Å². The number of halogens is 5. The molecule has 6 atom stereocenters. The van der Waals surface area contributed by atoms with Gasteiger partial charge < -0.3 is 10.2 Å². The quantitative estimate of drug-likeness (QED) is 0.184. The first kappa shape index (κ1) is 34.3. The molecule has 0 amide bonds. The van der Waals surface area contributed by atoms with Crippen molar-refractivity contribution in [3.63, 3.8) is 0 Å². The van der Waals surface area contributed by atoms with Gasteiger partial charge in [-0.2, -0.15) is 22.0 Å². The highest BCUT2D eigenvalue weighted by Gasteiger charge is 2.56. The molecule has 236 valence electrons. The Morgan fingerprint density at radius 2 is 1.59 bits per heavy atom. The van der Waals surface area contributed by atoms with E-state index in [1.54, 1.807) is 0 Å². The Bertz CT molecular complexity index is 985. The van der Waals surface area contributed by atoms with Crippen molar-refractivity contribution in [1.29, 1.82) is 0 Å². The van der Waals surface area contributed by atoms with Crippen molar-refractivity contribution < 1.29 is 36.4 Å². The van der Waals surface area contributed by atoms with Gasteiger partial charge in [-0.25, -0.2) is 0 Å². The number of phenolic OH excluding ortho intramolecular Hbond substituents is 1. The second-order valence-electron chi connectivity index (χ2n) is 12.7. The van der Waals surface area contributed by atoms with E-state index in [0.717, 1.165) is 50.9 Å².